The zero-order valence-corrected chi connectivity index (χ0v) is 8.90. The average Bonchev–Trinajstić information content (AvgIpc) is 0.811. The number of rotatable bonds is 0. The molecule has 0 aliphatic heterocycles. The van der Waals surface area contributed by atoms with E-state index in [0.717, 1.165) is 0 Å². The van der Waals surface area contributed by atoms with Crippen LogP contribution in [0, 0.1) is 0 Å². The van der Waals surface area contributed by atoms with Crippen LogP contribution in [-0.2, 0) is 0 Å². The maximum Gasteiger partial charge on any atom is 0.503 e. The van der Waals surface area contributed by atoms with Crippen LogP contribution in [0.3, 0.4) is 0 Å². The standard InChI is InChI=1S/CH2O3.Ca.Sr/c2-1(3)4;;/h(H2,2,3,4);;. The van der Waals surface area contributed by atoms with Gasteiger partial charge in [-0.1, -0.05) is 0 Å². The molecular weight excluding hydrogens is 188 g/mol. The summed E-state index contributed by atoms with van der Waals surface area (Å²) in [6.07, 6.45) is -1.83. The molecule has 6 heavy (non-hydrogen) atoms. The van der Waals surface area contributed by atoms with E-state index in [1.54, 1.807) is 0 Å². The molecule has 0 unspecified atom stereocenters. The Morgan fingerprint density at radius 1 is 1.33 bits per heavy atom. The fraction of sp³-hybridized carbons (Fsp3) is 0. The summed E-state index contributed by atoms with van der Waals surface area (Å²) in [6.45, 7) is 0. The van der Waals surface area contributed by atoms with Crippen LogP contribution in [-0.4, -0.2) is 99.6 Å². The van der Waals surface area contributed by atoms with Gasteiger partial charge in [0.15, 0.2) is 0 Å². The first-order valence-electron chi connectivity index (χ1n) is 0.651. The van der Waals surface area contributed by atoms with Gasteiger partial charge in [0.25, 0.3) is 0 Å². The molecule has 0 aliphatic rings. The third-order valence-corrected chi connectivity index (χ3v) is 0. The predicted molar refractivity (Wildman–Crippen MR) is 22.2 cm³/mol. The summed E-state index contributed by atoms with van der Waals surface area (Å²) in [5.41, 5.74) is 0. The molecule has 0 bridgehead atoms. The van der Waals surface area contributed by atoms with Crippen molar-refractivity contribution in [1.82, 2.24) is 0 Å². The van der Waals surface area contributed by atoms with Gasteiger partial charge in [-0.25, -0.2) is 4.79 Å². The summed E-state index contributed by atoms with van der Waals surface area (Å²) in [4.78, 5) is 8.56. The monoisotopic (exact) mass is 190 g/mol. The van der Waals surface area contributed by atoms with Crippen molar-refractivity contribution in [3.05, 3.63) is 0 Å². The third-order valence-electron chi connectivity index (χ3n) is 0. The average molecular weight is 190 g/mol. The van der Waals surface area contributed by atoms with E-state index in [-0.39, 0.29) is 83.2 Å². The summed E-state index contributed by atoms with van der Waals surface area (Å²) < 4.78 is 0. The predicted octanol–water partition coefficient (Wildman–Crippen LogP) is -0.539. The molecule has 0 amide bonds. The number of carboxylic acid groups (broad SMARTS) is 2. The van der Waals surface area contributed by atoms with E-state index >= 15 is 0 Å². The molecule has 5 heteroatoms. The first kappa shape index (κ1) is 15.7. The second kappa shape index (κ2) is 10.1. The van der Waals surface area contributed by atoms with Crippen molar-refractivity contribution in [2.45, 2.75) is 0 Å². The Kier molecular flexibility index (Phi) is 26.4. The van der Waals surface area contributed by atoms with Crippen LogP contribution in [0.5, 0.6) is 0 Å². The van der Waals surface area contributed by atoms with E-state index in [0.29, 0.717) is 0 Å². The maximum atomic E-state index is 8.56. The van der Waals surface area contributed by atoms with Crippen LogP contribution in [0.4, 0.5) is 4.79 Å². The fourth-order valence-corrected chi connectivity index (χ4v) is 0. The fourth-order valence-electron chi connectivity index (χ4n) is 0. The molecule has 0 aromatic carbocycles. The summed E-state index contributed by atoms with van der Waals surface area (Å²) in [6, 6.07) is 0. The minimum absolute atomic E-state index is 0. The Labute approximate surface area is 102 Å². The zero-order chi connectivity index (χ0) is 3.58. The minimum Gasteiger partial charge on any atom is -0.450 e. The van der Waals surface area contributed by atoms with Crippen molar-refractivity contribution < 1.29 is 15.0 Å². The summed E-state index contributed by atoms with van der Waals surface area (Å²) in [5.74, 6) is 0. The van der Waals surface area contributed by atoms with Gasteiger partial charge in [0, 0.05) is 83.2 Å². The minimum atomic E-state index is -1.83. The maximum absolute atomic E-state index is 8.56. The van der Waals surface area contributed by atoms with Gasteiger partial charge in [-0.3, -0.25) is 0 Å². The van der Waals surface area contributed by atoms with E-state index < -0.39 is 6.16 Å². The van der Waals surface area contributed by atoms with E-state index in [4.69, 9.17) is 15.0 Å². The van der Waals surface area contributed by atoms with Crippen LogP contribution in [0.15, 0.2) is 0 Å². The summed E-state index contributed by atoms with van der Waals surface area (Å²) in [7, 11) is 0. The molecule has 0 rings (SSSR count). The Hall–Kier alpha value is 2.01. The molecule has 0 heterocycles. The molecule has 0 aromatic heterocycles. The molecule has 4 radical (unpaired) electrons. The summed E-state index contributed by atoms with van der Waals surface area (Å²) >= 11 is 0. The van der Waals surface area contributed by atoms with Gasteiger partial charge in [0.05, 0.1) is 0 Å². The van der Waals surface area contributed by atoms with Crippen LogP contribution in [0.25, 0.3) is 0 Å². The summed E-state index contributed by atoms with van der Waals surface area (Å²) in [5, 5.41) is 13.9. The Bertz CT molecular complexity index is 33.8. The van der Waals surface area contributed by atoms with E-state index in [2.05, 4.69) is 0 Å². The molecule has 0 saturated carbocycles. The Morgan fingerprint density at radius 3 is 1.33 bits per heavy atom. The third kappa shape index (κ3) is 37.3. The molecule has 0 spiro atoms. The number of hydrogen-bond acceptors (Lipinski definition) is 1. The van der Waals surface area contributed by atoms with Gasteiger partial charge in [0.2, 0.25) is 0 Å². The molecule has 28 valence electrons. The van der Waals surface area contributed by atoms with Crippen molar-refractivity contribution in [2.24, 2.45) is 0 Å². The van der Waals surface area contributed by atoms with Gasteiger partial charge in [-0.2, -0.15) is 0 Å². The van der Waals surface area contributed by atoms with Crippen LogP contribution < -0.4 is 0 Å². The zero-order valence-electron chi connectivity index (χ0n) is 3.22. The van der Waals surface area contributed by atoms with Gasteiger partial charge in [-0.15, -0.1) is 0 Å². The van der Waals surface area contributed by atoms with Crippen LogP contribution >= 0.6 is 0 Å². The molecule has 3 nitrogen and oxygen atoms in total. The van der Waals surface area contributed by atoms with Crippen molar-refractivity contribution in [3.63, 3.8) is 0 Å². The molecule has 0 saturated heterocycles. The topological polar surface area (TPSA) is 57.5 Å². The smallest absolute Gasteiger partial charge is 0.450 e. The quantitative estimate of drug-likeness (QED) is 0.504. The molecular formula is CH2CaO3Sr. The van der Waals surface area contributed by atoms with Gasteiger partial charge < -0.3 is 10.2 Å². The van der Waals surface area contributed by atoms with Crippen molar-refractivity contribution >= 4 is 89.4 Å². The SMILES string of the molecule is O=C(O)O.[Ca].[Sr]. The first-order chi connectivity index (χ1) is 1.73. The van der Waals surface area contributed by atoms with Crippen molar-refractivity contribution in [1.29, 1.82) is 0 Å². The normalized spacial score (nSPS) is 4.00. The first-order valence-corrected chi connectivity index (χ1v) is 0.651. The van der Waals surface area contributed by atoms with Crippen LogP contribution in [0.1, 0.15) is 0 Å². The molecule has 0 atom stereocenters. The van der Waals surface area contributed by atoms with Crippen molar-refractivity contribution in [2.75, 3.05) is 0 Å². The Balaban J connectivity index is -0.0000000450. The van der Waals surface area contributed by atoms with Gasteiger partial charge in [-0.05, 0) is 0 Å². The number of carbonyl (C=O) groups is 1. The molecule has 0 aliphatic carbocycles. The number of hydrogen-bond donors (Lipinski definition) is 2. The molecule has 0 fully saturated rings. The molecule has 2 N–H and O–H groups in total. The van der Waals surface area contributed by atoms with Crippen molar-refractivity contribution in [3.8, 4) is 0 Å². The second-order valence-electron chi connectivity index (χ2n) is 0.283. The van der Waals surface area contributed by atoms with Crippen LogP contribution in [0.2, 0.25) is 0 Å². The van der Waals surface area contributed by atoms with E-state index in [9.17, 15) is 0 Å². The van der Waals surface area contributed by atoms with Gasteiger partial charge in [0.1, 0.15) is 0 Å². The Morgan fingerprint density at radius 2 is 1.33 bits per heavy atom. The largest absolute Gasteiger partial charge is 0.503 e. The van der Waals surface area contributed by atoms with E-state index in [1.807, 2.05) is 0 Å². The van der Waals surface area contributed by atoms with E-state index in [1.165, 1.54) is 0 Å². The molecule has 0 aromatic rings. The van der Waals surface area contributed by atoms with Gasteiger partial charge >= 0.3 is 6.16 Å². The second-order valence-corrected chi connectivity index (χ2v) is 0.283.